The fourth-order valence-electron chi connectivity index (χ4n) is 4.98. The zero-order valence-electron chi connectivity index (χ0n) is 20.5. The second-order valence-electron chi connectivity index (χ2n) is 9.28. The molecule has 4 heterocycles. The van der Waals surface area contributed by atoms with Gasteiger partial charge in [0.2, 0.25) is 5.91 Å². The number of phenols is 1. The molecule has 2 atom stereocenters. The van der Waals surface area contributed by atoms with Crippen LogP contribution < -0.4 is 9.64 Å². The number of carbonyl (C=O) groups is 2. The van der Waals surface area contributed by atoms with Crippen LogP contribution in [0.25, 0.3) is 11.3 Å². The summed E-state index contributed by atoms with van der Waals surface area (Å²) in [4.78, 5) is 41.6. The van der Waals surface area contributed by atoms with Gasteiger partial charge in [0.25, 0.3) is 5.91 Å². The molecule has 0 saturated carbocycles. The van der Waals surface area contributed by atoms with Crippen LogP contribution in [0, 0.1) is 5.82 Å². The molecular formula is C25H27ClFN5O5. The maximum Gasteiger partial charge on any atom is 0.261 e. The first kappa shape index (κ1) is 25.2. The van der Waals surface area contributed by atoms with E-state index in [0.717, 1.165) is 0 Å². The molecule has 2 aromatic rings. The summed E-state index contributed by atoms with van der Waals surface area (Å²) < 4.78 is 21.1. The van der Waals surface area contributed by atoms with Crippen LogP contribution in [0.15, 0.2) is 30.9 Å². The van der Waals surface area contributed by atoms with Crippen LogP contribution in [0.2, 0.25) is 5.02 Å². The van der Waals surface area contributed by atoms with Crippen molar-refractivity contribution in [2.24, 2.45) is 0 Å². The summed E-state index contributed by atoms with van der Waals surface area (Å²) in [6, 6.07) is 3.33. The minimum atomic E-state index is -0.723. The van der Waals surface area contributed by atoms with E-state index in [4.69, 9.17) is 21.2 Å². The first-order valence-corrected chi connectivity index (χ1v) is 12.3. The number of fused-ring (bicyclic) bond motifs is 2. The van der Waals surface area contributed by atoms with Gasteiger partial charge in [-0.2, -0.15) is 5.06 Å². The van der Waals surface area contributed by atoms with E-state index < -0.39 is 11.9 Å². The predicted octanol–water partition coefficient (Wildman–Crippen LogP) is 2.51. The average Bonchev–Trinajstić information content (AvgIpc) is 3.01. The molecule has 1 unspecified atom stereocenters. The maximum atomic E-state index is 14.9. The Kier molecular flexibility index (Phi) is 6.69. The lowest BCUT2D eigenvalue weighted by molar-refractivity contribution is -0.163. The molecule has 0 bridgehead atoms. The number of anilines is 1. The number of hydrogen-bond acceptors (Lipinski definition) is 8. The second kappa shape index (κ2) is 9.81. The lowest BCUT2D eigenvalue weighted by atomic mass is 10.0. The highest BCUT2D eigenvalue weighted by Crippen LogP contribution is 2.46. The number of phenolic OH excluding ortho intramolecular Hbond substituents is 1. The third kappa shape index (κ3) is 4.36. The molecule has 196 valence electrons. The van der Waals surface area contributed by atoms with Gasteiger partial charge in [0.1, 0.15) is 47.0 Å². The van der Waals surface area contributed by atoms with Crippen molar-refractivity contribution in [3.63, 3.8) is 0 Å². The van der Waals surface area contributed by atoms with Gasteiger partial charge in [0, 0.05) is 39.3 Å². The molecular weight excluding hydrogens is 505 g/mol. The zero-order valence-corrected chi connectivity index (χ0v) is 21.2. The van der Waals surface area contributed by atoms with Crippen LogP contribution in [0.1, 0.15) is 17.3 Å². The van der Waals surface area contributed by atoms with E-state index in [1.165, 1.54) is 24.3 Å². The molecule has 10 nitrogen and oxygen atoms in total. The number of halogens is 2. The molecule has 1 aromatic carbocycles. The molecule has 1 N–H and O–H groups in total. The highest BCUT2D eigenvalue weighted by atomic mass is 35.5. The lowest BCUT2D eigenvalue weighted by Crippen LogP contribution is -2.57. The Hall–Kier alpha value is -3.41. The normalized spacial score (nSPS) is 22.2. The van der Waals surface area contributed by atoms with E-state index in [1.807, 2.05) is 6.92 Å². The number of nitrogens with zero attached hydrogens (tertiary/aromatic N) is 5. The van der Waals surface area contributed by atoms with E-state index in [2.05, 4.69) is 11.6 Å². The van der Waals surface area contributed by atoms with Crippen LogP contribution in [0.5, 0.6) is 11.5 Å². The summed E-state index contributed by atoms with van der Waals surface area (Å²) in [5.74, 6) is -1.39. The number of amides is 2. The number of pyridine rings is 1. The second-order valence-corrected chi connectivity index (χ2v) is 9.65. The van der Waals surface area contributed by atoms with E-state index in [9.17, 15) is 19.1 Å². The Bertz CT molecular complexity index is 1260. The van der Waals surface area contributed by atoms with Crippen molar-refractivity contribution in [3.8, 4) is 22.8 Å². The number of piperazine rings is 1. The number of hydrogen-bond donors (Lipinski definition) is 1. The first-order valence-electron chi connectivity index (χ1n) is 11.9. The number of benzene rings is 1. The summed E-state index contributed by atoms with van der Waals surface area (Å²) in [6.45, 7) is 7.04. The Morgan fingerprint density at radius 1 is 1.27 bits per heavy atom. The van der Waals surface area contributed by atoms with E-state index >= 15 is 0 Å². The topological polar surface area (TPSA) is 98.7 Å². The van der Waals surface area contributed by atoms with Gasteiger partial charge in [-0.05, 0) is 25.1 Å². The number of aromatic hydroxyl groups is 1. The van der Waals surface area contributed by atoms with Crippen LogP contribution in [-0.4, -0.2) is 95.4 Å². The van der Waals surface area contributed by atoms with Gasteiger partial charge in [0.15, 0.2) is 5.75 Å². The number of carbonyl (C=O) groups excluding carboxylic acids is 2. The minimum Gasteiger partial charge on any atom is -0.507 e. The summed E-state index contributed by atoms with van der Waals surface area (Å²) in [5.41, 5.74) is -0.108. The Morgan fingerprint density at radius 3 is 2.76 bits per heavy atom. The Balaban J connectivity index is 1.67. The van der Waals surface area contributed by atoms with Crippen molar-refractivity contribution in [2.45, 2.75) is 19.0 Å². The number of aromatic nitrogens is 1. The van der Waals surface area contributed by atoms with Gasteiger partial charge in [-0.3, -0.25) is 14.4 Å². The van der Waals surface area contributed by atoms with Crippen molar-refractivity contribution >= 4 is 29.2 Å². The van der Waals surface area contributed by atoms with E-state index in [-0.39, 0.29) is 83.4 Å². The van der Waals surface area contributed by atoms with Crippen molar-refractivity contribution in [1.29, 1.82) is 0 Å². The SMILES string of the molecule is C=CC(=O)N1CCN2C(=O)c3c(N4CON(C)C[C@@H]4C)nc(-c4c(O)cccc4F)c(Cl)c3OCC2C1. The minimum absolute atomic E-state index is 0.0479. The van der Waals surface area contributed by atoms with Gasteiger partial charge in [-0.15, -0.1) is 0 Å². The smallest absolute Gasteiger partial charge is 0.261 e. The summed E-state index contributed by atoms with van der Waals surface area (Å²) >= 11 is 6.74. The van der Waals surface area contributed by atoms with E-state index in [0.29, 0.717) is 13.1 Å². The van der Waals surface area contributed by atoms with Gasteiger partial charge in [-0.25, -0.2) is 9.37 Å². The van der Waals surface area contributed by atoms with Crippen molar-refractivity contribution in [2.75, 3.05) is 51.5 Å². The maximum absolute atomic E-state index is 14.9. The quantitative estimate of drug-likeness (QED) is 0.603. The highest BCUT2D eigenvalue weighted by molar-refractivity contribution is 6.35. The molecule has 3 aliphatic rings. The van der Waals surface area contributed by atoms with Gasteiger partial charge >= 0.3 is 0 Å². The molecule has 0 radical (unpaired) electrons. The van der Waals surface area contributed by atoms with Crippen molar-refractivity contribution in [1.82, 2.24) is 19.8 Å². The Morgan fingerprint density at radius 2 is 2.05 bits per heavy atom. The third-order valence-electron chi connectivity index (χ3n) is 6.91. The number of likely N-dealkylation sites (N-methyl/N-ethyl adjacent to an activating group) is 1. The zero-order chi connectivity index (χ0) is 26.4. The fourth-order valence-corrected chi connectivity index (χ4v) is 5.26. The molecule has 0 spiro atoms. The molecule has 5 rings (SSSR count). The monoisotopic (exact) mass is 531 g/mol. The summed E-state index contributed by atoms with van der Waals surface area (Å²) in [7, 11) is 1.80. The highest BCUT2D eigenvalue weighted by Gasteiger charge is 2.41. The predicted molar refractivity (Wildman–Crippen MR) is 134 cm³/mol. The van der Waals surface area contributed by atoms with Crippen molar-refractivity contribution in [3.05, 3.63) is 47.3 Å². The molecule has 2 saturated heterocycles. The standard InChI is InChI=1S/C25H27ClFN5O5/c1-4-18(34)30-8-9-31-15(11-30)12-36-23-20(25(31)35)24(32-13-37-29(3)10-14(32)2)28-22(21(23)26)19-16(27)6-5-7-17(19)33/h4-7,14-15,33H,1,8-13H2,2-3H3/t14-,15?/m0/s1. The van der Waals surface area contributed by atoms with Crippen LogP contribution in [-0.2, 0) is 9.63 Å². The van der Waals surface area contributed by atoms with E-state index in [1.54, 1.807) is 26.8 Å². The molecule has 3 aliphatic heterocycles. The molecule has 1 aromatic heterocycles. The van der Waals surface area contributed by atoms with Crippen LogP contribution in [0.4, 0.5) is 10.2 Å². The summed E-state index contributed by atoms with van der Waals surface area (Å²) in [6.07, 6.45) is 1.24. The first-order chi connectivity index (χ1) is 17.7. The molecule has 2 amide bonds. The largest absolute Gasteiger partial charge is 0.507 e. The lowest BCUT2D eigenvalue weighted by Gasteiger charge is -2.41. The number of hydroxylamine groups is 2. The molecule has 37 heavy (non-hydrogen) atoms. The Labute approximate surface area is 218 Å². The van der Waals surface area contributed by atoms with Gasteiger partial charge in [-0.1, -0.05) is 24.2 Å². The molecule has 2 fully saturated rings. The number of ether oxygens (including phenoxy) is 1. The average molecular weight is 532 g/mol. The fraction of sp³-hybridized carbons (Fsp3) is 0.400. The summed E-state index contributed by atoms with van der Waals surface area (Å²) in [5, 5.41) is 12.1. The molecule has 12 heteroatoms. The van der Waals surface area contributed by atoms with Gasteiger partial charge in [0.05, 0.1) is 11.6 Å². The third-order valence-corrected chi connectivity index (χ3v) is 7.26. The molecule has 0 aliphatic carbocycles. The van der Waals surface area contributed by atoms with Crippen LogP contribution >= 0.6 is 11.6 Å². The van der Waals surface area contributed by atoms with Gasteiger partial charge < -0.3 is 24.5 Å². The van der Waals surface area contributed by atoms with Crippen LogP contribution in [0.3, 0.4) is 0 Å². The van der Waals surface area contributed by atoms with Crippen molar-refractivity contribution < 1.29 is 28.7 Å². The number of rotatable bonds is 3.